The van der Waals surface area contributed by atoms with E-state index in [9.17, 15) is 14.4 Å². The minimum absolute atomic E-state index is 0.0729. The standard InChI is InChI=1S/C66H122O6/c1-4-7-10-13-16-19-22-25-27-29-31-32-33-34-35-37-38-41-44-47-50-53-56-59-65(68)71-62-63(61-70-64(67)58-55-52-49-46-43-40-24-21-18-15-12-9-6-3)72-66(69)60-57-54-51-48-45-42-39-36-30-28-26-23-20-17-14-11-8-5-2/h12,15,21,24,29,31,63H,4-11,13-14,16-20,22-23,25-28,30,32-62H2,1-3H3/b15-12-,24-21-,31-29-. The lowest BCUT2D eigenvalue weighted by atomic mass is 10.0. The molecule has 1 unspecified atom stereocenters. The first-order valence-corrected chi connectivity index (χ1v) is 32.0. The summed E-state index contributed by atoms with van der Waals surface area (Å²) >= 11 is 0. The Bertz CT molecular complexity index is 1210. The van der Waals surface area contributed by atoms with Crippen LogP contribution < -0.4 is 0 Å². The molecular formula is C66H122O6. The van der Waals surface area contributed by atoms with Crippen LogP contribution in [-0.4, -0.2) is 37.2 Å². The molecule has 0 spiro atoms. The van der Waals surface area contributed by atoms with Crippen LogP contribution in [0.1, 0.15) is 348 Å². The lowest BCUT2D eigenvalue weighted by molar-refractivity contribution is -0.167. The highest BCUT2D eigenvalue weighted by atomic mass is 16.6. The van der Waals surface area contributed by atoms with Crippen LogP contribution in [0.5, 0.6) is 0 Å². The SMILES string of the molecule is CCC/C=C\C/C=C\CCCCCCCC(=O)OCC(COC(=O)CCCCCCCCCCCCC/C=C\CCCCCCCCCC)OC(=O)CCCCCCCCCCCCCCCCCCCC. The number of carbonyl (C=O) groups excluding carboxylic acids is 3. The molecule has 0 aliphatic heterocycles. The van der Waals surface area contributed by atoms with Gasteiger partial charge in [0, 0.05) is 19.3 Å². The van der Waals surface area contributed by atoms with E-state index in [4.69, 9.17) is 14.2 Å². The highest BCUT2D eigenvalue weighted by Gasteiger charge is 2.19. The number of allylic oxidation sites excluding steroid dienone is 6. The van der Waals surface area contributed by atoms with Gasteiger partial charge in [0.1, 0.15) is 13.2 Å². The van der Waals surface area contributed by atoms with Crippen molar-refractivity contribution in [1.82, 2.24) is 0 Å². The van der Waals surface area contributed by atoms with Gasteiger partial charge >= 0.3 is 17.9 Å². The fourth-order valence-corrected chi connectivity index (χ4v) is 9.54. The molecule has 0 aromatic heterocycles. The highest BCUT2D eigenvalue weighted by molar-refractivity contribution is 5.71. The van der Waals surface area contributed by atoms with E-state index >= 15 is 0 Å². The third-order valence-corrected chi connectivity index (χ3v) is 14.3. The quantitative estimate of drug-likeness (QED) is 0.0261. The molecule has 0 aromatic carbocycles. The molecular weight excluding hydrogens is 889 g/mol. The number of carbonyl (C=O) groups is 3. The molecule has 0 saturated carbocycles. The molecule has 6 heteroatoms. The molecule has 1 atom stereocenters. The Kier molecular flexibility index (Phi) is 59.2. The van der Waals surface area contributed by atoms with Gasteiger partial charge in [-0.25, -0.2) is 0 Å². The summed E-state index contributed by atoms with van der Waals surface area (Å²) in [6.07, 6.45) is 74.4. The molecule has 0 aromatic rings. The molecule has 0 fully saturated rings. The Labute approximate surface area is 448 Å². The van der Waals surface area contributed by atoms with E-state index in [1.807, 2.05) is 0 Å². The molecule has 0 rings (SSSR count). The van der Waals surface area contributed by atoms with Gasteiger partial charge in [0.05, 0.1) is 0 Å². The van der Waals surface area contributed by atoms with Crippen molar-refractivity contribution in [3.8, 4) is 0 Å². The van der Waals surface area contributed by atoms with Crippen LogP contribution >= 0.6 is 0 Å². The van der Waals surface area contributed by atoms with Crippen molar-refractivity contribution in [2.24, 2.45) is 0 Å². The first-order chi connectivity index (χ1) is 35.5. The Balaban J connectivity index is 4.27. The Morgan fingerprint density at radius 1 is 0.278 bits per heavy atom. The van der Waals surface area contributed by atoms with Gasteiger partial charge in [-0.1, -0.05) is 295 Å². The van der Waals surface area contributed by atoms with Gasteiger partial charge in [0.15, 0.2) is 6.10 Å². The van der Waals surface area contributed by atoms with Crippen LogP contribution in [0, 0.1) is 0 Å². The molecule has 0 saturated heterocycles. The highest BCUT2D eigenvalue weighted by Crippen LogP contribution is 2.17. The van der Waals surface area contributed by atoms with E-state index in [-0.39, 0.29) is 31.1 Å². The maximum Gasteiger partial charge on any atom is 0.306 e. The second kappa shape index (κ2) is 61.2. The molecule has 72 heavy (non-hydrogen) atoms. The summed E-state index contributed by atoms with van der Waals surface area (Å²) in [6.45, 7) is 6.62. The summed E-state index contributed by atoms with van der Waals surface area (Å²) in [5.41, 5.74) is 0. The maximum absolute atomic E-state index is 12.9. The van der Waals surface area contributed by atoms with Crippen molar-refractivity contribution in [2.45, 2.75) is 354 Å². The van der Waals surface area contributed by atoms with Crippen molar-refractivity contribution in [1.29, 1.82) is 0 Å². The fourth-order valence-electron chi connectivity index (χ4n) is 9.54. The van der Waals surface area contributed by atoms with E-state index in [0.717, 1.165) is 83.5 Å². The number of hydrogen-bond donors (Lipinski definition) is 0. The largest absolute Gasteiger partial charge is 0.462 e. The van der Waals surface area contributed by atoms with Gasteiger partial charge in [0.2, 0.25) is 0 Å². The smallest absolute Gasteiger partial charge is 0.306 e. The topological polar surface area (TPSA) is 78.9 Å². The third kappa shape index (κ3) is 58.5. The fraction of sp³-hybridized carbons (Fsp3) is 0.864. The minimum atomic E-state index is -0.776. The third-order valence-electron chi connectivity index (χ3n) is 14.3. The van der Waals surface area contributed by atoms with Crippen LogP contribution in [0.15, 0.2) is 36.5 Å². The molecule has 0 amide bonds. The van der Waals surface area contributed by atoms with E-state index in [1.165, 1.54) is 225 Å². The molecule has 0 aliphatic carbocycles. The van der Waals surface area contributed by atoms with Crippen LogP contribution in [0.25, 0.3) is 0 Å². The molecule has 0 N–H and O–H groups in total. The number of hydrogen-bond acceptors (Lipinski definition) is 6. The maximum atomic E-state index is 12.9. The van der Waals surface area contributed by atoms with Crippen molar-refractivity contribution in [3.63, 3.8) is 0 Å². The number of rotatable bonds is 59. The summed E-state index contributed by atoms with van der Waals surface area (Å²) in [5.74, 6) is -0.865. The van der Waals surface area contributed by atoms with E-state index < -0.39 is 6.10 Å². The number of esters is 3. The van der Waals surface area contributed by atoms with Gasteiger partial charge < -0.3 is 14.2 Å². The average molecular weight is 1010 g/mol. The normalized spacial score (nSPS) is 12.2. The summed E-state index contributed by atoms with van der Waals surface area (Å²) in [7, 11) is 0. The Hall–Kier alpha value is -2.37. The van der Waals surface area contributed by atoms with Gasteiger partial charge in [-0.05, 0) is 70.6 Å². The number of unbranched alkanes of at least 4 members (excludes halogenated alkanes) is 42. The van der Waals surface area contributed by atoms with E-state index in [1.54, 1.807) is 0 Å². The van der Waals surface area contributed by atoms with Gasteiger partial charge in [-0.2, -0.15) is 0 Å². The molecule has 6 nitrogen and oxygen atoms in total. The first kappa shape index (κ1) is 69.6. The summed E-state index contributed by atoms with van der Waals surface area (Å²) in [6, 6.07) is 0. The van der Waals surface area contributed by atoms with Crippen LogP contribution in [0.4, 0.5) is 0 Å². The van der Waals surface area contributed by atoms with Crippen LogP contribution in [0.2, 0.25) is 0 Å². The average Bonchev–Trinajstić information content (AvgIpc) is 3.38. The Morgan fingerprint density at radius 3 is 0.833 bits per heavy atom. The van der Waals surface area contributed by atoms with Crippen molar-refractivity contribution in [2.75, 3.05) is 13.2 Å². The summed E-state index contributed by atoms with van der Waals surface area (Å²) in [4.78, 5) is 38.3. The molecule has 0 bridgehead atoms. The van der Waals surface area contributed by atoms with Gasteiger partial charge in [-0.3, -0.25) is 14.4 Å². The van der Waals surface area contributed by atoms with Crippen LogP contribution in [-0.2, 0) is 28.6 Å². The summed E-state index contributed by atoms with van der Waals surface area (Å²) < 4.78 is 16.9. The molecule has 422 valence electrons. The minimum Gasteiger partial charge on any atom is -0.462 e. The lowest BCUT2D eigenvalue weighted by Crippen LogP contribution is -2.30. The first-order valence-electron chi connectivity index (χ1n) is 32.0. The van der Waals surface area contributed by atoms with E-state index in [2.05, 4.69) is 57.2 Å². The molecule has 0 heterocycles. The predicted molar refractivity (Wildman–Crippen MR) is 312 cm³/mol. The second-order valence-electron chi connectivity index (χ2n) is 21.7. The molecule has 0 radical (unpaired) electrons. The number of ether oxygens (including phenoxy) is 3. The molecule has 0 aliphatic rings. The summed E-state index contributed by atoms with van der Waals surface area (Å²) in [5, 5.41) is 0. The van der Waals surface area contributed by atoms with Crippen molar-refractivity contribution < 1.29 is 28.6 Å². The van der Waals surface area contributed by atoms with Gasteiger partial charge in [-0.15, -0.1) is 0 Å². The zero-order valence-corrected chi connectivity index (χ0v) is 48.5. The monoisotopic (exact) mass is 1010 g/mol. The van der Waals surface area contributed by atoms with Crippen molar-refractivity contribution >= 4 is 17.9 Å². The zero-order valence-electron chi connectivity index (χ0n) is 48.5. The van der Waals surface area contributed by atoms with E-state index in [0.29, 0.717) is 19.3 Å². The van der Waals surface area contributed by atoms with Crippen molar-refractivity contribution in [3.05, 3.63) is 36.5 Å². The Morgan fingerprint density at radius 2 is 0.528 bits per heavy atom. The lowest BCUT2D eigenvalue weighted by Gasteiger charge is -2.18. The second-order valence-corrected chi connectivity index (χ2v) is 21.7. The van der Waals surface area contributed by atoms with Gasteiger partial charge in [0.25, 0.3) is 0 Å². The van der Waals surface area contributed by atoms with Crippen LogP contribution in [0.3, 0.4) is 0 Å². The predicted octanol–water partition coefficient (Wildman–Crippen LogP) is 21.6. The zero-order chi connectivity index (χ0) is 52.2.